The second kappa shape index (κ2) is 19.0. The second-order valence-electron chi connectivity index (χ2n) is 12.5. The fourth-order valence-electron chi connectivity index (χ4n) is 4.69. The molecule has 30 heteroatoms. The molecule has 0 bridgehead atoms. The number of nitrogens with zero attached hydrogens (tertiary/aromatic N) is 4. The minimum absolute atomic E-state index is 0.0194. The fourth-order valence-corrected chi connectivity index (χ4v) is 8.62. The van der Waals surface area contributed by atoms with Crippen LogP contribution in [0.5, 0.6) is 0 Å². The van der Waals surface area contributed by atoms with E-state index in [1.807, 2.05) is 0 Å². The topological polar surface area (TPSA) is 401 Å². The Kier molecular flexibility index (Phi) is 16.0. The monoisotopic (exact) mass is 869 g/mol. The number of aromatic nitrogens is 4. The van der Waals surface area contributed by atoms with Crippen molar-refractivity contribution in [2.45, 2.75) is 57.3 Å². The summed E-state index contributed by atoms with van der Waals surface area (Å²) in [7, 11) is -17.7. The van der Waals surface area contributed by atoms with E-state index in [9.17, 15) is 62.7 Å². The Balaban J connectivity index is 1.51. The van der Waals surface area contributed by atoms with Crippen molar-refractivity contribution in [2.24, 2.45) is 5.41 Å². The number of thiol groups is 1. The third-order valence-electron chi connectivity index (χ3n) is 7.58. The summed E-state index contributed by atoms with van der Waals surface area (Å²) >= 11 is 0. The van der Waals surface area contributed by atoms with Gasteiger partial charge in [0.25, 0.3) is 0 Å². The molecule has 1 aliphatic rings. The Morgan fingerprint density at radius 2 is 1.71 bits per heavy atom. The van der Waals surface area contributed by atoms with Gasteiger partial charge < -0.3 is 56.0 Å². The molecule has 55 heavy (non-hydrogen) atoms. The van der Waals surface area contributed by atoms with Gasteiger partial charge in [-0.05, 0) is 12.0 Å². The van der Waals surface area contributed by atoms with Crippen molar-refractivity contribution in [3.05, 3.63) is 12.7 Å². The van der Waals surface area contributed by atoms with Gasteiger partial charge in [-0.15, -0.1) is 0 Å². The molecule has 26 nitrogen and oxygen atoms in total. The number of carboxylic acid groups (broad SMARTS) is 1. The maximum Gasteiger partial charge on any atom is 0.481 e. The van der Waals surface area contributed by atoms with Crippen molar-refractivity contribution in [3.8, 4) is 0 Å². The van der Waals surface area contributed by atoms with Crippen LogP contribution in [0.2, 0.25) is 0 Å². The van der Waals surface area contributed by atoms with Gasteiger partial charge >= 0.3 is 29.4 Å². The van der Waals surface area contributed by atoms with E-state index in [0.717, 1.165) is 17.2 Å². The average Bonchev–Trinajstić information content (AvgIpc) is 3.62. The lowest BCUT2D eigenvalue weighted by Gasteiger charge is -2.30. The number of anilines is 1. The number of carbonyl (C=O) groups is 4. The number of nitrogens with two attached hydrogens (primary N) is 1. The van der Waals surface area contributed by atoms with Gasteiger partial charge in [-0.3, -0.25) is 37.3 Å². The molecule has 3 rings (SSSR count). The third kappa shape index (κ3) is 13.9. The standard InChI is InChI=1S/C25H42N7O19P3S/c1-25(2,20(38)23(39)28-5-4-14(33)27-6-7-55(3)16(36)8-15(34)35)10-48-54(45,46)51-53(43,44)47-9-13-19(50-52(40,41)42)18(37)24(49-13)32-12-31-17-21(26)29-11-30-22(17)32/h11-13,18-20,24,37-38,55H,4-10H2,1-3H3,(H,27,33)(H,28,39)(H,34,35)(H,43,44)(H,45,46)(H2,26,29,30)(H2,40,41,42)/t13-,18-,19-,20+,24-/m1/s1. The maximum atomic E-state index is 12.6. The number of hydrogen-bond acceptors (Lipinski definition) is 18. The van der Waals surface area contributed by atoms with E-state index in [1.165, 1.54) is 13.8 Å². The lowest BCUT2D eigenvalue weighted by molar-refractivity contribution is -0.139. The van der Waals surface area contributed by atoms with Crippen molar-refractivity contribution >= 4 is 74.2 Å². The SMILES string of the molecule is C[SH](CCNC(=O)CCNC(=O)[C@H](O)C(C)(C)COP(=O)(O)OP(=O)(O)OC[C@H]1O[C@@H](n2cnc3c(N)ncnc32)[C@H](O)[C@@H]1OP(=O)(O)O)C(=O)CC(=O)O. The molecule has 312 valence electrons. The molecule has 0 aromatic carbocycles. The van der Waals surface area contributed by atoms with Crippen LogP contribution >= 0.6 is 34.4 Å². The van der Waals surface area contributed by atoms with Crippen LogP contribution in [0.15, 0.2) is 12.7 Å². The zero-order valence-electron chi connectivity index (χ0n) is 29.2. The first-order valence-electron chi connectivity index (χ1n) is 15.7. The number of phosphoric acid groups is 3. The molecule has 1 aliphatic heterocycles. The number of carboxylic acids is 1. The van der Waals surface area contributed by atoms with Crippen LogP contribution in [0.4, 0.5) is 5.82 Å². The van der Waals surface area contributed by atoms with Gasteiger partial charge in [0.1, 0.15) is 42.7 Å². The van der Waals surface area contributed by atoms with E-state index in [4.69, 9.17) is 24.6 Å². The summed E-state index contributed by atoms with van der Waals surface area (Å²) in [5.41, 5.74) is 4.19. The van der Waals surface area contributed by atoms with Gasteiger partial charge in [-0.1, -0.05) is 13.8 Å². The number of carbonyl (C=O) groups excluding carboxylic acids is 3. The Hall–Kier alpha value is -2.97. The van der Waals surface area contributed by atoms with Gasteiger partial charge in [0, 0.05) is 24.9 Å². The number of ether oxygens (including phenoxy) is 1. The van der Waals surface area contributed by atoms with Gasteiger partial charge in [-0.2, -0.15) is 15.2 Å². The highest BCUT2D eigenvalue weighted by Gasteiger charge is 2.50. The Morgan fingerprint density at radius 3 is 2.35 bits per heavy atom. The molecule has 0 saturated carbocycles. The van der Waals surface area contributed by atoms with Crippen molar-refractivity contribution < 1.29 is 90.4 Å². The van der Waals surface area contributed by atoms with Crippen LogP contribution in [0.3, 0.4) is 0 Å². The quantitative estimate of drug-likeness (QED) is 0.0368. The zero-order valence-corrected chi connectivity index (χ0v) is 32.8. The normalized spacial score (nSPS) is 22.7. The van der Waals surface area contributed by atoms with E-state index in [-0.39, 0.29) is 42.2 Å². The highest BCUT2D eigenvalue weighted by atomic mass is 32.2. The van der Waals surface area contributed by atoms with E-state index < -0.39 is 113 Å². The third-order valence-corrected chi connectivity index (χ3v) is 12.6. The molecule has 0 radical (unpaired) electrons. The molecule has 2 aromatic heterocycles. The molecule has 0 spiro atoms. The predicted octanol–water partition coefficient (Wildman–Crippen LogP) is -1.96. The lowest BCUT2D eigenvalue weighted by atomic mass is 9.87. The number of hydrogen-bond donors (Lipinski definition) is 11. The van der Waals surface area contributed by atoms with E-state index in [2.05, 4.69) is 34.4 Å². The largest absolute Gasteiger partial charge is 0.481 e. The van der Waals surface area contributed by atoms with Gasteiger partial charge in [0.05, 0.1) is 19.5 Å². The molecule has 3 heterocycles. The Bertz CT molecular complexity index is 1860. The minimum atomic E-state index is -5.59. The van der Waals surface area contributed by atoms with Crippen LogP contribution in [-0.4, -0.2) is 140 Å². The van der Waals surface area contributed by atoms with Crippen molar-refractivity contribution in [1.29, 1.82) is 0 Å². The van der Waals surface area contributed by atoms with Gasteiger partial charge in [0.15, 0.2) is 22.8 Å². The number of nitrogens with one attached hydrogen (secondary N) is 2. The second-order valence-corrected chi connectivity index (χ2v) is 19.0. The number of fused-ring (bicyclic) bond motifs is 1. The highest BCUT2D eigenvalue weighted by Crippen LogP contribution is 2.61. The number of phosphoric ester groups is 3. The lowest BCUT2D eigenvalue weighted by Crippen LogP contribution is -2.46. The number of rotatable bonds is 21. The number of aliphatic hydroxyl groups is 2. The number of imidazole rings is 1. The van der Waals surface area contributed by atoms with Crippen LogP contribution in [-0.2, 0) is 55.5 Å². The highest BCUT2D eigenvalue weighted by molar-refractivity contribution is 8.29. The summed E-state index contributed by atoms with van der Waals surface area (Å²) in [5.74, 6) is -2.60. The number of amides is 2. The van der Waals surface area contributed by atoms with E-state index in [0.29, 0.717) is 0 Å². The Morgan fingerprint density at radius 1 is 1.05 bits per heavy atom. The summed E-state index contributed by atoms with van der Waals surface area (Å²) in [4.78, 5) is 97.8. The smallest absolute Gasteiger partial charge is 0.481 e. The molecule has 11 N–H and O–H groups in total. The summed E-state index contributed by atoms with van der Waals surface area (Å²) in [6.07, 6.45) is -6.13. The minimum Gasteiger partial charge on any atom is -0.481 e. The zero-order chi connectivity index (χ0) is 41.5. The first kappa shape index (κ1) is 46.4. The van der Waals surface area contributed by atoms with Crippen molar-refractivity contribution in [3.63, 3.8) is 0 Å². The molecular weight excluding hydrogens is 827 g/mol. The predicted molar refractivity (Wildman–Crippen MR) is 187 cm³/mol. The van der Waals surface area contributed by atoms with Crippen LogP contribution in [0, 0.1) is 5.41 Å². The van der Waals surface area contributed by atoms with E-state index >= 15 is 0 Å². The van der Waals surface area contributed by atoms with Crippen molar-refractivity contribution in [1.82, 2.24) is 30.2 Å². The first-order valence-corrected chi connectivity index (χ1v) is 22.2. The molecule has 8 atom stereocenters. The number of aliphatic hydroxyl groups excluding tert-OH is 2. The van der Waals surface area contributed by atoms with Crippen LogP contribution in [0.1, 0.15) is 32.9 Å². The number of nitrogen functional groups attached to an aromatic ring is 1. The fraction of sp³-hybridized carbons (Fsp3) is 0.640. The molecule has 0 aliphatic carbocycles. The number of aliphatic carboxylic acids is 1. The molecule has 3 unspecified atom stereocenters. The summed E-state index contributed by atoms with van der Waals surface area (Å²) in [5, 5.41) is 34.4. The van der Waals surface area contributed by atoms with Gasteiger partial charge in [0.2, 0.25) is 11.8 Å². The van der Waals surface area contributed by atoms with Crippen molar-refractivity contribution in [2.75, 3.05) is 44.0 Å². The van der Waals surface area contributed by atoms with Gasteiger partial charge in [-0.25, -0.2) is 28.6 Å². The summed E-state index contributed by atoms with van der Waals surface area (Å²) < 4.78 is 61.9. The van der Waals surface area contributed by atoms with Crippen LogP contribution in [0.25, 0.3) is 11.2 Å². The molecule has 2 amide bonds. The summed E-state index contributed by atoms with van der Waals surface area (Å²) in [6, 6.07) is 0. The molecule has 1 fully saturated rings. The first-order chi connectivity index (χ1) is 25.3. The maximum absolute atomic E-state index is 12.6. The van der Waals surface area contributed by atoms with Crippen LogP contribution < -0.4 is 16.4 Å². The average molecular weight is 870 g/mol. The summed E-state index contributed by atoms with van der Waals surface area (Å²) in [6.45, 7) is 0.207. The molecule has 1 saturated heterocycles. The molecular formula is C25H42N7O19P3S. The molecule has 2 aromatic rings. The Labute approximate surface area is 313 Å². The van der Waals surface area contributed by atoms with E-state index in [1.54, 1.807) is 6.26 Å².